The molecule has 0 saturated heterocycles. The monoisotopic (exact) mass is 1390 g/mol. The maximum absolute atomic E-state index is 13.2. The maximum Gasteiger partial charge on any atom is 4.00 e. The maximum atomic E-state index is 13.2. The van der Waals surface area contributed by atoms with Crippen molar-refractivity contribution in [1.82, 2.24) is 0 Å². The SMILES string of the molecule is CCCCC(C(=O)[O-])C(=O)C(CCCC)(CCCC)CCCC.CCCCC(C(=O)[O-])C(=O)C(CCCC)(CCCC)CCCC.CCCCC(C(=O)[O-])C(=O)C(CCCC)(CCCC)CCCC.CCCCC(C(=O)[O-])C(=O)C(CCCC)(CCCC)CCCC.[Zr+4]. The van der Waals surface area contributed by atoms with E-state index in [0.717, 1.165) is 283 Å². The third-order valence-electron chi connectivity index (χ3n) is 20.0. The molecule has 0 amide bonds. The second-order valence-electron chi connectivity index (χ2n) is 27.9. The number of Topliss-reactive ketones (excluding diaryl/α,β-unsaturated/α-hetero) is 4. The van der Waals surface area contributed by atoms with Crippen LogP contribution >= 0.6 is 0 Å². The van der Waals surface area contributed by atoms with Crippen molar-refractivity contribution in [2.45, 2.75) is 419 Å². The molecule has 0 saturated carbocycles. The Labute approximate surface area is 592 Å². The van der Waals surface area contributed by atoms with Gasteiger partial charge in [-0.2, -0.15) is 0 Å². The van der Waals surface area contributed by atoms with E-state index in [1.807, 2.05) is 27.7 Å². The van der Waals surface area contributed by atoms with Crippen LogP contribution in [0.25, 0.3) is 0 Å². The Bertz CT molecular complexity index is 1530. The number of hydrogen-bond acceptors (Lipinski definition) is 12. The molecule has 0 radical (unpaired) electrons. The van der Waals surface area contributed by atoms with Crippen molar-refractivity contribution >= 4 is 47.0 Å². The molecule has 0 N–H and O–H groups in total. The number of rotatable bonds is 60. The smallest absolute Gasteiger partial charge is 0.549 e. The van der Waals surface area contributed by atoms with Crippen LogP contribution in [-0.4, -0.2) is 47.0 Å². The molecule has 13 heteroatoms. The molecule has 12 nitrogen and oxygen atoms in total. The minimum absolute atomic E-state index is 0. The van der Waals surface area contributed by atoms with Gasteiger partial charge in [0.15, 0.2) is 0 Å². The molecule has 544 valence electrons. The summed E-state index contributed by atoms with van der Waals surface area (Å²) < 4.78 is 0. The van der Waals surface area contributed by atoms with E-state index in [4.69, 9.17) is 0 Å². The van der Waals surface area contributed by atoms with E-state index in [0.29, 0.717) is 25.7 Å². The third-order valence-corrected chi connectivity index (χ3v) is 20.0. The molecule has 0 spiro atoms. The van der Waals surface area contributed by atoms with Gasteiger partial charge in [0.05, 0.1) is 47.5 Å². The van der Waals surface area contributed by atoms with Crippen molar-refractivity contribution < 1.29 is 85.0 Å². The van der Waals surface area contributed by atoms with Gasteiger partial charge in [0.25, 0.3) is 0 Å². The van der Waals surface area contributed by atoms with Gasteiger partial charge < -0.3 is 39.6 Å². The standard InChI is InChI=1S/4C20H38O3.Zr/c4*1-5-9-13-17(19(22)23)18(21)20(14-10-6-2,15-11-7-3)16-12-8-4;/h4*17H,5-16H2,1-4H3,(H,22,23);/q;;;;+4/p-4. The van der Waals surface area contributed by atoms with Crippen LogP contribution < -0.4 is 20.4 Å². The molecule has 4 atom stereocenters. The number of carbonyl (C=O) groups excluding carboxylic acids is 8. The fraction of sp³-hybridized carbons (Fsp3) is 0.900. The van der Waals surface area contributed by atoms with Crippen molar-refractivity contribution in [2.75, 3.05) is 0 Å². The van der Waals surface area contributed by atoms with E-state index in [9.17, 15) is 58.8 Å². The molecular weight excluding hydrogens is 1240 g/mol. The number of unbranched alkanes of at least 4 members (excludes halogenated alkanes) is 16. The van der Waals surface area contributed by atoms with E-state index in [1.165, 1.54) is 0 Å². The minimum atomic E-state index is -1.17. The second-order valence-corrected chi connectivity index (χ2v) is 27.9. The molecule has 0 aromatic heterocycles. The molecule has 0 aliphatic rings. The first-order chi connectivity index (χ1) is 43.9. The molecule has 0 aromatic rings. The summed E-state index contributed by atoms with van der Waals surface area (Å²) in [6.45, 7) is 33.6. The van der Waals surface area contributed by atoms with Gasteiger partial charge in [-0.05, 0) is 103 Å². The molecule has 4 unspecified atom stereocenters. The predicted molar refractivity (Wildman–Crippen MR) is 376 cm³/mol. The first-order valence-corrected chi connectivity index (χ1v) is 38.9. The van der Waals surface area contributed by atoms with Crippen LogP contribution in [0, 0.1) is 45.3 Å². The molecule has 0 rings (SSSR count). The van der Waals surface area contributed by atoms with Crippen LogP contribution in [0.1, 0.15) is 419 Å². The topological polar surface area (TPSA) is 229 Å². The number of ketones is 4. The van der Waals surface area contributed by atoms with Gasteiger partial charge in [0.2, 0.25) is 0 Å². The Morgan fingerprint density at radius 3 is 0.376 bits per heavy atom. The van der Waals surface area contributed by atoms with Gasteiger partial charge in [-0.25, -0.2) is 0 Å². The van der Waals surface area contributed by atoms with Crippen molar-refractivity contribution in [3.8, 4) is 0 Å². The fourth-order valence-electron chi connectivity index (χ4n) is 13.7. The first-order valence-electron chi connectivity index (χ1n) is 38.9. The Morgan fingerprint density at radius 1 is 0.204 bits per heavy atom. The molecular formula is C80H148O12Zr. The third kappa shape index (κ3) is 40.8. The van der Waals surface area contributed by atoms with Gasteiger partial charge in [-0.15, -0.1) is 0 Å². The molecule has 0 aliphatic heterocycles. The summed E-state index contributed by atoms with van der Waals surface area (Å²) in [6.07, 6.45) is 42.8. The zero-order chi connectivity index (χ0) is 70.9. The second kappa shape index (κ2) is 62.9. The predicted octanol–water partition coefficient (Wildman–Crippen LogP) is 18.7. The van der Waals surface area contributed by atoms with E-state index in [2.05, 4.69) is 83.1 Å². The van der Waals surface area contributed by atoms with Crippen LogP contribution in [0.15, 0.2) is 0 Å². The van der Waals surface area contributed by atoms with Crippen molar-refractivity contribution in [2.24, 2.45) is 45.3 Å². The average Bonchev–Trinajstić information content (AvgIpc) is 1.03. The van der Waals surface area contributed by atoms with E-state index >= 15 is 0 Å². The summed E-state index contributed by atoms with van der Waals surface area (Å²) in [5, 5.41) is 46.3. The summed E-state index contributed by atoms with van der Waals surface area (Å²) in [7, 11) is 0. The number of carboxylic acid groups (broad SMARTS) is 4. The van der Waals surface area contributed by atoms with Gasteiger partial charge in [0, 0.05) is 21.7 Å². The minimum Gasteiger partial charge on any atom is -0.549 e. The molecule has 0 aliphatic carbocycles. The number of carboxylic acids is 4. The molecule has 0 fully saturated rings. The van der Waals surface area contributed by atoms with Gasteiger partial charge in [0.1, 0.15) is 23.1 Å². The first kappa shape index (κ1) is 99.1. The van der Waals surface area contributed by atoms with E-state index in [-0.39, 0.29) is 49.3 Å². The number of aliphatic carboxylic acids is 4. The zero-order valence-electron chi connectivity index (χ0n) is 63.6. The van der Waals surface area contributed by atoms with Crippen LogP contribution in [0.4, 0.5) is 0 Å². The Morgan fingerprint density at radius 2 is 0.301 bits per heavy atom. The van der Waals surface area contributed by atoms with Crippen molar-refractivity contribution in [1.29, 1.82) is 0 Å². The summed E-state index contributed by atoms with van der Waals surface area (Å²) in [6, 6.07) is 0. The molecule has 93 heavy (non-hydrogen) atoms. The average molecular weight is 1390 g/mol. The number of hydrogen-bond donors (Lipinski definition) is 0. The van der Waals surface area contributed by atoms with Crippen LogP contribution in [0.2, 0.25) is 0 Å². The summed E-state index contributed by atoms with van der Waals surface area (Å²) >= 11 is 0. The fourth-order valence-corrected chi connectivity index (χ4v) is 13.7. The Balaban J connectivity index is -0.000000369. The summed E-state index contributed by atoms with van der Waals surface area (Å²) in [5.74, 6) is -8.50. The van der Waals surface area contributed by atoms with Gasteiger partial charge >= 0.3 is 26.2 Å². The quantitative estimate of drug-likeness (QED) is 0.0518. The van der Waals surface area contributed by atoms with Crippen LogP contribution in [0.3, 0.4) is 0 Å². The molecule has 0 heterocycles. The molecule has 0 aromatic carbocycles. The Kier molecular flexibility index (Phi) is 67.1. The summed E-state index contributed by atoms with van der Waals surface area (Å²) in [4.78, 5) is 99.2. The zero-order valence-corrected chi connectivity index (χ0v) is 66.1. The van der Waals surface area contributed by atoms with Crippen molar-refractivity contribution in [3.05, 3.63) is 0 Å². The largest absolute Gasteiger partial charge is 4.00 e. The van der Waals surface area contributed by atoms with Crippen LogP contribution in [-0.2, 0) is 64.6 Å². The van der Waals surface area contributed by atoms with Crippen molar-refractivity contribution in [3.63, 3.8) is 0 Å². The van der Waals surface area contributed by atoms with E-state index < -0.39 is 69.2 Å². The summed E-state index contributed by atoms with van der Waals surface area (Å²) in [5.41, 5.74) is -1.78. The Hall–Kier alpha value is -2.56. The van der Waals surface area contributed by atoms with E-state index in [1.54, 1.807) is 0 Å². The normalized spacial score (nSPS) is 12.9. The van der Waals surface area contributed by atoms with Crippen LogP contribution in [0.5, 0.6) is 0 Å². The molecule has 0 bridgehead atoms. The number of carbonyl (C=O) groups is 8. The van der Waals surface area contributed by atoms with Gasteiger partial charge in [-0.3, -0.25) is 19.2 Å². The van der Waals surface area contributed by atoms with Gasteiger partial charge in [-0.1, -0.05) is 316 Å².